The second-order valence-electron chi connectivity index (χ2n) is 5.36. The number of alkyl halides is 2. The topological polar surface area (TPSA) is 79.0 Å². The summed E-state index contributed by atoms with van der Waals surface area (Å²) in [5.41, 5.74) is 0. The van der Waals surface area contributed by atoms with Gasteiger partial charge in [-0.2, -0.15) is 13.1 Å². The Kier molecular flexibility index (Phi) is 6.25. The zero-order valence-electron chi connectivity index (χ0n) is 13.4. The van der Waals surface area contributed by atoms with E-state index in [-0.39, 0.29) is 5.91 Å². The Hall–Kier alpha value is -1.85. The minimum Gasteiger partial charge on any atom is -0.432 e. The lowest BCUT2D eigenvalue weighted by Gasteiger charge is -2.29. The molecule has 0 radical (unpaired) electrons. The zero-order valence-corrected chi connectivity index (χ0v) is 14.2. The lowest BCUT2D eigenvalue weighted by molar-refractivity contribution is -0.131. The minimum atomic E-state index is -4.15. The van der Waals surface area contributed by atoms with Crippen LogP contribution in [0.4, 0.5) is 13.2 Å². The highest BCUT2D eigenvalue weighted by Gasteiger charge is 2.27. The highest BCUT2D eigenvalue weighted by atomic mass is 32.2. The maximum Gasteiger partial charge on any atom is 0.387 e. The van der Waals surface area contributed by atoms with Crippen LogP contribution in [0.2, 0.25) is 0 Å². The molecule has 0 saturated carbocycles. The number of nitrogens with one attached hydrogen (secondary N) is 1. The van der Waals surface area contributed by atoms with Crippen molar-refractivity contribution < 1.29 is 31.1 Å². The first kappa shape index (κ1) is 19.5. The number of sulfonamides is 1. The number of piperazine rings is 1. The van der Waals surface area contributed by atoms with Crippen LogP contribution >= 0.6 is 0 Å². The second kappa shape index (κ2) is 8.02. The van der Waals surface area contributed by atoms with Crippen molar-refractivity contribution in [2.24, 2.45) is 0 Å². The maximum atomic E-state index is 13.7. The molecule has 1 aromatic rings. The van der Waals surface area contributed by atoms with Crippen molar-refractivity contribution in [2.45, 2.75) is 11.5 Å². The summed E-state index contributed by atoms with van der Waals surface area (Å²) in [6.45, 7) is -1.43. The average molecular weight is 381 g/mol. The zero-order chi connectivity index (χ0) is 18.6. The quantitative estimate of drug-likeness (QED) is 0.776. The summed E-state index contributed by atoms with van der Waals surface area (Å²) < 4.78 is 67.5. The SMILES string of the molecule is CN(CC(=O)N1CCNCC1)S(=O)(=O)c1ccc(OC(F)F)c(F)c1. The van der Waals surface area contributed by atoms with E-state index in [4.69, 9.17) is 0 Å². The highest BCUT2D eigenvalue weighted by molar-refractivity contribution is 7.89. The molecule has 1 amide bonds. The molecule has 2 rings (SSSR count). The molecule has 1 aliphatic heterocycles. The number of benzene rings is 1. The summed E-state index contributed by atoms with van der Waals surface area (Å²) >= 11 is 0. The third-order valence-electron chi connectivity index (χ3n) is 3.66. The van der Waals surface area contributed by atoms with Crippen molar-refractivity contribution >= 4 is 15.9 Å². The van der Waals surface area contributed by atoms with Crippen LogP contribution in [0.5, 0.6) is 5.75 Å². The fraction of sp³-hybridized carbons (Fsp3) is 0.500. The van der Waals surface area contributed by atoms with Crippen LogP contribution in [0.3, 0.4) is 0 Å². The van der Waals surface area contributed by atoms with Crippen LogP contribution in [0.15, 0.2) is 23.1 Å². The number of rotatable bonds is 6. The van der Waals surface area contributed by atoms with E-state index < -0.39 is 39.6 Å². The molecule has 0 atom stereocenters. The van der Waals surface area contributed by atoms with Gasteiger partial charge in [0.15, 0.2) is 11.6 Å². The Balaban J connectivity index is 2.11. The van der Waals surface area contributed by atoms with E-state index in [2.05, 4.69) is 10.1 Å². The Morgan fingerprint density at radius 3 is 2.56 bits per heavy atom. The summed E-state index contributed by atoms with van der Waals surface area (Å²) in [5.74, 6) is -2.36. The molecule has 0 bridgehead atoms. The van der Waals surface area contributed by atoms with Crippen LogP contribution in [0.1, 0.15) is 0 Å². The van der Waals surface area contributed by atoms with E-state index in [1.807, 2.05) is 0 Å². The molecule has 1 fully saturated rings. The number of ether oxygens (including phenoxy) is 1. The summed E-state index contributed by atoms with van der Waals surface area (Å²) in [5, 5.41) is 3.07. The molecule has 7 nitrogen and oxygen atoms in total. The van der Waals surface area contributed by atoms with Crippen LogP contribution in [0.25, 0.3) is 0 Å². The molecule has 1 aliphatic rings. The normalized spacial score (nSPS) is 15.7. The fourth-order valence-corrected chi connectivity index (χ4v) is 3.44. The first-order valence-electron chi connectivity index (χ1n) is 7.41. The van der Waals surface area contributed by atoms with Crippen molar-refractivity contribution in [1.29, 1.82) is 0 Å². The van der Waals surface area contributed by atoms with Crippen molar-refractivity contribution in [1.82, 2.24) is 14.5 Å². The van der Waals surface area contributed by atoms with Crippen LogP contribution < -0.4 is 10.1 Å². The van der Waals surface area contributed by atoms with Gasteiger partial charge in [0, 0.05) is 33.2 Å². The lowest BCUT2D eigenvalue weighted by atomic mass is 10.3. The van der Waals surface area contributed by atoms with E-state index in [1.165, 1.54) is 11.9 Å². The smallest absolute Gasteiger partial charge is 0.387 e. The number of nitrogens with zero attached hydrogens (tertiary/aromatic N) is 2. The van der Waals surface area contributed by atoms with E-state index >= 15 is 0 Å². The van der Waals surface area contributed by atoms with Crippen molar-refractivity contribution in [2.75, 3.05) is 39.8 Å². The van der Waals surface area contributed by atoms with E-state index in [0.717, 1.165) is 16.4 Å². The Labute approximate surface area is 143 Å². The second-order valence-corrected chi connectivity index (χ2v) is 7.41. The average Bonchev–Trinajstić information content (AvgIpc) is 2.56. The van der Waals surface area contributed by atoms with E-state index in [0.29, 0.717) is 32.2 Å². The molecule has 25 heavy (non-hydrogen) atoms. The summed E-state index contributed by atoms with van der Waals surface area (Å²) in [6, 6.07) is 2.33. The fourth-order valence-electron chi connectivity index (χ4n) is 2.30. The number of hydrogen-bond acceptors (Lipinski definition) is 5. The molecule has 0 aromatic heterocycles. The first-order chi connectivity index (χ1) is 11.7. The molecule has 0 aliphatic carbocycles. The summed E-state index contributed by atoms with van der Waals surface area (Å²) in [6.07, 6.45) is 0. The van der Waals surface area contributed by atoms with E-state index in [9.17, 15) is 26.4 Å². The Morgan fingerprint density at radius 1 is 1.36 bits per heavy atom. The standard InChI is InChI=1S/C14H18F3N3O4S/c1-19(9-13(21)20-6-4-18-5-7-20)25(22,23)10-2-3-12(11(15)8-10)24-14(16)17/h2-3,8,14,18H,4-7,9H2,1H3. The van der Waals surface area contributed by atoms with Gasteiger partial charge < -0.3 is 15.0 Å². The summed E-state index contributed by atoms with van der Waals surface area (Å²) in [7, 11) is -2.96. The first-order valence-corrected chi connectivity index (χ1v) is 8.85. The van der Waals surface area contributed by atoms with E-state index in [1.54, 1.807) is 0 Å². The van der Waals surface area contributed by atoms with Crippen molar-refractivity contribution in [3.63, 3.8) is 0 Å². The van der Waals surface area contributed by atoms with Crippen LogP contribution in [-0.2, 0) is 14.8 Å². The molecule has 11 heteroatoms. The molecule has 1 N–H and O–H groups in total. The molecule has 0 unspecified atom stereocenters. The molecule has 1 heterocycles. The van der Waals surface area contributed by atoms with Gasteiger partial charge in [-0.15, -0.1) is 0 Å². The van der Waals surface area contributed by atoms with Gasteiger partial charge in [-0.3, -0.25) is 4.79 Å². The Bertz CT molecular complexity index is 724. The third kappa shape index (κ3) is 4.83. The monoisotopic (exact) mass is 381 g/mol. The maximum absolute atomic E-state index is 13.7. The molecule has 1 saturated heterocycles. The van der Waals surface area contributed by atoms with Crippen molar-refractivity contribution in [3.8, 4) is 5.75 Å². The molecule has 0 spiro atoms. The van der Waals surface area contributed by atoms with Gasteiger partial charge in [0.25, 0.3) is 0 Å². The van der Waals surface area contributed by atoms with Crippen LogP contribution in [0, 0.1) is 5.82 Å². The van der Waals surface area contributed by atoms with Gasteiger partial charge in [-0.05, 0) is 18.2 Å². The van der Waals surface area contributed by atoms with Gasteiger partial charge >= 0.3 is 6.61 Å². The molecule has 140 valence electrons. The minimum absolute atomic E-state index is 0.370. The van der Waals surface area contributed by atoms with Gasteiger partial charge in [0.2, 0.25) is 15.9 Å². The number of hydrogen-bond donors (Lipinski definition) is 1. The highest BCUT2D eigenvalue weighted by Crippen LogP contribution is 2.24. The number of amides is 1. The van der Waals surface area contributed by atoms with Crippen molar-refractivity contribution in [3.05, 3.63) is 24.0 Å². The number of carbonyl (C=O) groups is 1. The van der Waals surface area contributed by atoms with Gasteiger partial charge in [-0.1, -0.05) is 0 Å². The molecular weight excluding hydrogens is 363 g/mol. The van der Waals surface area contributed by atoms with Gasteiger partial charge in [0.05, 0.1) is 11.4 Å². The summed E-state index contributed by atoms with van der Waals surface area (Å²) in [4.78, 5) is 13.2. The lowest BCUT2D eigenvalue weighted by Crippen LogP contribution is -2.49. The molecule has 1 aromatic carbocycles. The number of likely N-dealkylation sites (N-methyl/N-ethyl adjacent to an activating group) is 1. The predicted molar refractivity (Wildman–Crippen MR) is 82.3 cm³/mol. The Morgan fingerprint density at radius 2 is 2.00 bits per heavy atom. The third-order valence-corrected chi connectivity index (χ3v) is 5.45. The van der Waals surface area contributed by atoms with Gasteiger partial charge in [-0.25, -0.2) is 12.8 Å². The predicted octanol–water partition coefficient (Wildman–Crippen LogP) is 0.479. The van der Waals surface area contributed by atoms with Gasteiger partial charge in [0.1, 0.15) is 0 Å². The largest absolute Gasteiger partial charge is 0.432 e. The number of halogens is 3. The number of carbonyl (C=O) groups excluding carboxylic acids is 1. The van der Waals surface area contributed by atoms with Crippen LogP contribution in [-0.4, -0.2) is 69.9 Å². The molecular formula is C14H18F3N3O4S.